The summed E-state index contributed by atoms with van der Waals surface area (Å²) < 4.78 is 0. The highest BCUT2D eigenvalue weighted by atomic mass is 14.0. The lowest BCUT2D eigenvalue weighted by Crippen LogP contribution is -1.83. The molecule has 0 spiro atoms. The van der Waals surface area contributed by atoms with Crippen molar-refractivity contribution in [2.24, 2.45) is 0 Å². The Morgan fingerprint density at radius 3 is 0.636 bits per heavy atom. The Hall–Kier alpha value is -0.260. The van der Waals surface area contributed by atoms with E-state index in [0.717, 1.165) is 0 Å². The van der Waals surface area contributed by atoms with Crippen LogP contribution in [0.4, 0.5) is 0 Å². The SMILES string of the molecule is CCCCCCCCCCCC/C=C/CCCCCCCCCCCCCCCCCCC. The summed E-state index contributed by atoms with van der Waals surface area (Å²) in [4.78, 5) is 0. The van der Waals surface area contributed by atoms with Crippen molar-refractivity contribution in [2.75, 3.05) is 0 Å². The summed E-state index contributed by atoms with van der Waals surface area (Å²) in [6.07, 6.45) is 46.9. The smallest absolute Gasteiger partial charge is 0.0351 e. The highest BCUT2D eigenvalue weighted by Crippen LogP contribution is 2.15. The van der Waals surface area contributed by atoms with Gasteiger partial charge in [-0.15, -0.1) is 0 Å². The second-order valence-corrected chi connectivity index (χ2v) is 10.9. The molecule has 0 rings (SSSR count). The van der Waals surface area contributed by atoms with Gasteiger partial charge >= 0.3 is 0 Å². The minimum atomic E-state index is 1.31. The molecule has 198 valence electrons. The molecular weight excluding hydrogens is 396 g/mol. The summed E-state index contributed by atoms with van der Waals surface area (Å²) in [5.41, 5.74) is 0. The highest BCUT2D eigenvalue weighted by molar-refractivity contribution is 4.81. The first-order valence-corrected chi connectivity index (χ1v) is 16.1. The number of allylic oxidation sites excluding steroid dienone is 2. The van der Waals surface area contributed by atoms with E-state index in [1.807, 2.05) is 0 Å². The largest absolute Gasteiger partial charge is 0.0885 e. The van der Waals surface area contributed by atoms with E-state index in [9.17, 15) is 0 Å². The zero-order valence-corrected chi connectivity index (χ0v) is 23.7. The van der Waals surface area contributed by atoms with Crippen molar-refractivity contribution in [3.63, 3.8) is 0 Å². The van der Waals surface area contributed by atoms with Crippen LogP contribution in [0.2, 0.25) is 0 Å². The molecule has 0 aliphatic rings. The standard InChI is InChI=1S/C33H66/c1-3-5-7-9-11-13-15-17-19-21-23-25-27-29-31-33-32-30-28-26-24-22-20-18-16-14-12-10-8-6-4-2/h25,27H,3-24,26,28-33H2,1-2H3/b27-25+. The van der Waals surface area contributed by atoms with Gasteiger partial charge < -0.3 is 0 Å². The second kappa shape index (κ2) is 31.7. The molecule has 0 radical (unpaired) electrons. The average Bonchev–Trinajstić information content (AvgIpc) is 2.83. The maximum absolute atomic E-state index is 2.46. The molecule has 0 aromatic carbocycles. The molecule has 0 bridgehead atoms. The normalized spacial score (nSPS) is 11.7. The Morgan fingerprint density at radius 2 is 0.424 bits per heavy atom. The van der Waals surface area contributed by atoms with Crippen molar-refractivity contribution >= 4 is 0 Å². The van der Waals surface area contributed by atoms with Gasteiger partial charge in [0.05, 0.1) is 0 Å². The zero-order chi connectivity index (χ0) is 23.9. The van der Waals surface area contributed by atoms with E-state index in [1.54, 1.807) is 0 Å². The van der Waals surface area contributed by atoms with Crippen molar-refractivity contribution in [1.29, 1.82) is 0 Å². The quantitative estimate of drug-likeness (QED) is 0.0765. The zero-order valence-electron chi connectivity index (χ0n) is 23.7. The molecule has 0 aromatic heterocycles. The van der Waals surface area contributed by atoms with Crippen LogP contribution in [0.1, 0.15) is 200 Å². The maximum Gasteiger partial charge on any atom is -0.0351 e. The molecule has 0 unspecified atom stereocenters. The molecule has 0 nitrogen and oxygen atoms in total. The lowest BCUT2D eigenvalue weighted by molar-refractivity contribution is 0.527. The number of hydrogen-bond donors (Lipinski definition) is 0. The van der Waals surface area contributed by atoms with Crippen LogP contribution in [-0.4, -0.2) is 0 Å². The van der Waals surface area contributed by atoms with Gasteiger partial charge in [-0.3, -0.25) is 0 Å². The van der Waals surface area contributed by atoms with Gasteiger partial charge in [0.15, 0.2) is 0 Å². The summed E-state index contributed by atoms with van der Waals surface area (Å²) in [5, 5.41) is 0. The van der Waals surface area contributed by atoms with Crippen molar-refractivity contribution in [3.05, 3.63) is 12.2 Å². The molecular formula is C33H66. The number of hydrogen-bond acceptors (Lipinski definition) is 0. The Labute approximate surface area is 212 Å². The Morgan fingerprint density at radius 1 is 0.242 bits per heavy atom. The summed E-state index contributed by atoms with van der Waals surface area (Å²) in [7, 11) is 0. The topological polar surface area (TPSA) is 0 Å². The lowest BCUT2D eigenvalue weighted by atomic mass is 10.0. The Kier molecular flexibility index (Phi) is 31.5. The maximum atomic E-state index is 2.46. The number of rotatable bonds is 29. The van der Waals surface area contributed by atoms with Crippen LogP contribution in [0.25, 0.3) is 0 Å². The van der Waals surface area contributed by atoms with E-state index >= 15 is 0 Å². The Balaban J connectivity index is 3.06. The first kappa shape index (κ1) is 32.7. The molecule has 0 heterocycles. The highest BCUT2D eigenvalue weighted by Gasteiger charge is 1.95. The number of unbranched alkanes of at least 4 members (excludes halogenated alkanes) is 27. The third-order valence-electron chi connectivity index (χ3n) is 7.37. The van der Waals surface area contributed by atoms with Crippen molar-refractivity contribution in [2.45, 2.75) is 200 Å². The van der Waals surface area contributed by atoms with Crippen molar-refractivity contribution < 1.29 is 0 Å². The lowest BCUT2D eigenvalue weighted by Gasteiger charge is -2.03. The van der Waals surface area contributed by atoms with Gasteiger partial charge in [0.1, 0.15) is 0 Å². The Bertz CT molecular complexity index is 342. The van der Waals surface area contributed by atoms with Gasteiger partial charge in [-0.2, -0.15) is 0 Å². The van der Waals surface area contributed by atoms with Crippen LogP contribution in [-0.2, 0) is 0 Å². The molecule has 0 fully saturated rings. The minimum Gasteiger partial charge on any atom is -0.0885 e. The van der Waals surface area contributed by atoms with E-state index in [0.29, 0.717) is 0 Å². The van der Waals surface area contributed by atoms with Gasteiger partial charge in [-0.05, 0) is 25.7 Å². The predicted octanol–water partition coefficient (Wildman–Crippen LogP) is 12.9. The van der Waals surface area contributed by atoms with E-state index in [-0.39, 0.29) is 0 Å². The fourth-order valence-electron chi connectivity index (χ4n) is 4.97. The van der Waals surface area contributed by atoms with E-state index in [2.05, 4.69) is 26.0 Å². The van der Waals surface area contributed by atoms with Gasteiger partial charge in [0, 0.05) is 0 Å². The first-order valence-electron chi connectivity index (χ1n) is 16.1. The molecule has 0 aromatic rings. The monoisotopic (exact) mass is 463 g/mol. The summed E-state index contributed by atoms with van der Waals surface area (Å²) in [5.74, 6) is 0. The van der Waals surface area contributed by atoms with Gasteiger partial charge in [-0.1, -0.05) is 187 Å². The first-order chi connectivity index (χ1) is 16.4. The van der Waals surface area contributed by atoms with Crippen molar-refractivity contribution in [1.82, 2.24) is 0 Å². The average molecular weight is 463 g/mol. The van der Waals surface area contributed by atoms with Gasteiger partial charge in [0.2, 0.25) is 0 Å². The molecule has 0 heteroatoms. The predicted molar refractivity (Wildman–Crippen MR) is 154 cm³/mol. The second-order valence-electron chi connectivity index (χ2n) is 10.9. The van der Waals surface area contributed by atoms with E-state index in [1.165, 1.54) is 186 Å². The molecule has 0 N–H and O–H groups in total. The van der Waals surface area contributed by atoms with Gasteiger partial charge in [-0.25, -0.2) is 0 Å². The fraction of sp³-hybridized carbons (Fsp3) is 0.939. The van der Waals surface area contributed by atoms with Crippen molar-refractivity contribution in [3.8, 4) is 0 Å². The molecule has 0 saturated heterocycles. The van der Waals surface area contributed by atoms with Crippen LogP contribution >= 0.6 is 0 Å². The van der Waals surface area contributed by atoms with E-state index < -0.39 is 0 Å². The molecule has 0 amide bonds. The van der Waals surface area contributed by atoms with Crippen LogP contribution in [0, 0.1) is 0 Å². The van der Waals surface area contributed by atoms with E-state index in [4.69, 9.17) is 0 Å². The van der Waals surface area contributed by atoms with Crippen LogP contribution in [0.3, 0.4) is 0 Å². The summed E-state index contributed by atoms with van der Waals surface area (Å²) >= 11 is 0. The van der Waals surface area contributed by atoms with Crippen LogP contribution in [0.5, 0.6) is 0 Å². The summed E-state index contributed by atoms with van der Waals surface area (Å²) in [6, 6.07) is 0. The molecule has 0 aliphatic carbocycles. The molecule has 0 saturated carbocycles. The fourth-order valence-corrected chi connectivity index (χ4v) is 4.97. The summed E-state index contributed by atoms with van der Waals surface area (Å²) in [6.45, 7) is 4.61. The molecule has 33 heavy (non-hydrogen) atoms. The third kappa shape index (κ3) is 31.7. The third-order valence-corrected chi connectivity index (χ3v) is 7.37. The molecule has 0 atom stereocenters. The minimum absolute atomic E-state index is 1.31. The van der Waals surface area contributed by atoms with Crippen LogP contribution < -0.4 is 0 Å². The van der Waals surface area contributed by atoms with Crippen LogP contribution in [0.15, 0.2) is 12.2 Å². The van der Waals surface area contributed by atoms with Gasteiger partial charge in [0.25, 0.3) is 0 Å². The molecule has 0 aliphatic heterocycles.